The van der Waals surface area contributed by atoms with Gasteiger partial charge < -0.3 is 9.47 Å². The molecule has 4 unspecified atom stereocenters. The highest BCUT2D eigenvalue weighted by Crippen LogP contribution is 2.15. The van der Waals surface area contributed by atoms with Crippen molar-refractivity contribution in [3.05, 3.63) is 0 Å². The Hall–Kier alpha value is -0.0800. The van der Waals surface area contributed by atoms with Crippen LogP contribution >= 0.6 is 0 Å². The summed E-state index contributed by atoms with van der Waals surface area (Å²) in [6.07, 6.45) is 0.878. The summed E-state index contributed by atoms with van der Waals surface area (Å²) in [5, 5.41) is 0. The molecule has 0 rings (SSSR count). The fourth-order valence-electron chi connectivity index (χ4n) is 1.21. The molecule has 2 nitrogen and oxygen atoms in total. The number of rotatable bonds is 7. The van der Waals surface area contributed by atoms with Crippen LogP contribution in [0.3, 0.4) is 0 Å². The van der Waals surface area contributed by atoms with Gasteiger partial charge in [0.15, 0.2) is 0 Å². The van der Waals surface area contributed by atoms with Crippen molar-refractivity contribution in [2.45, 2.75) is 79.8 Å². The van der Waals surface area contributed by atoms with Crippen LogP contribution in [0, 0.1) is 11.8 Å². The van der Waals surface area contributed by atoms with E-state index in [0.717, 1.165) is 0 Å². The van der Waals surface area contributed by atoms with E-state index in [0.29, 0.717) is 11.8 Å². The Morgan fingerprint density at radius 2 is 0.688 bits per heavy atom. The third-order valence-corrected chi connectivity index (χ3v) is 3.40. The normalized spacial score (nSPS) is 19.9. The van der Waals surface area contributed by atoms with Crippen LogP contribution in [0.1, 0.15) is 55.4 Å². The van der Waals surface area contributed by atoms with Crippen molar-refractivity contribution < 1.29 is 9.47 Å². The SMILES string of the molecule is CC(C)C(C)OC(C)C(C)OC(C)C(C)C. The molecule has 0 aliphatic rings. The van der Waals surface area contributed by atoms with E-state index in [1.54, 1.807) is 0 Å². The number of ether oxygens (including phenoxy) is 2. The molecule has 0 spiro atoms. The van der Waals surface area contributed by atoms with Gasteiger partial charge in [0.2, 0.25) is 0 Å². The molecule has 98 valence electrons. The molecule has 0 aliphatic heterocycles. The maximum Gasteiger partial charge on any atom is 0.0809 e. The van der Waals surface area contributed by atoms with Gasteiger partial charge in [0.05, 0.1) is 24.4 Å². The smallest absolute Gasteiger partial charge is 0.0809 e. The van der Waals surface area contributed by atoms with Gasteiger partial charge in [-0.15, -0.1) is 0 Å². The summed E-state index contributed by atoms with van der Waals surface area (Å²) in [5.74, 6) is 1.11. The van der Waals surface area contributed by atoms with Gasteiger partial charge in [-0.2, -0.15) is 0 Å². The summed E-state index contributed by atoms with van der Waals surface area (Å²) in [6.45, 7) is 17.2. The molecular formula is C14H30O2. The molecule has 0 bridgehead atoms. The highest BCUT2D eigenvalue weighted by atomic mass is 16.5. The molecule has 0 saturated heterocycles. The minimum atomic E-state index is 0.151. The first-order valence-electron chi connectivity index (χ1n) is 6.56. The Labute approximate surface area is 102 Å². The molecule has 0 fully saturated rings. The molecule has 0 N–H and O–H groups in total. The van der Waals surface area contributed by atoms with Gasteiger partial charge in [0.25, 0.3) is 0 Å². The fourth-order valence-corrected chi connectivity index (χ4v) is 1.21. The Bertz CT molecular complexity index is 158. The molecule has 4 atom stereocenters. The highest BCUT2D eigenvalue weighted by molar-refractivity contribution is 4.67. The summed E-state index contributed by atoms with van der Waals surface area (Å²) in [7, 11) is 0. The van der Waals surface area contributed by atoms with Crippen LogP contribution in [0.5, 0.6) is 0 Å². The standard InChI is InChI=1S/C14H30O2/c1-9(2)11(5)15-13(7)14(8)16-12(6)10(3)4/h9-14H,1-8H3. The van der Waals surface area contributed by atoms with Gasteiger partial charge in [-0.1, -0.05) is 27.7 Å². The molecule has 0 saturated carbocycles. The van der Waals surface area contributed by atoms with Crippen molar-refractivity contribution in [1.29, 1.82) is 0 Å². The zero-order valence-electron chi connectivity index (χ0n) is 12.3. The molecule has 0 aromatic heterocycles. The molecule has 16 heavy (non-hydrogen) atoms. The first-order valence-corrected chi connectivity index (χ1v) is 6.56. The van der Waals surface area contributed by atoms with Crippen molar-refractivity contribution in [3.63, 3.8) is 0 Å². The average molecular weight is 230 g/mol. The highest BCUT2D eigenvalue weighted by Gasteiger charge is 2.20. The van der Waals surface area contributed by atoms with E-state index in [4.69, 9.17) is 9.47 Å². The molecule has 0 amide bonds. The summed E-state index contributed by atoms with van der Waals surface area (Å²) in [5.41, 5.74) is 0. The lowest BCUT2D eigenvalue weighted by Crippen LogP contribution is -2.34. The number of hydrogen-bond acceptors (Lipinski definition) is 2. The lowest BCUT2D eigenvalue weighted by atomic mass is 10.1. The zero-order chi connectivity index (χ0) is 12.9. The second-order valence-corrected chi connectivity index (χ2v) is 5.58. The first kappa shape index (κ1) is 15.9. The monoisotopic (exact) mass is 230 g/mol. The third kappa shape index (κ3) is 5.86. The Morgan fingerprint density at radius 3 is 0.875 bits per heavy atom. The molecule has 0 aromatic rings. The maximum absolute atomic E-state index is 5.93. The van der Waals surface area contributed by atoms with Gasteiger partial charge >= 0.3 is 0 Å². The molecule has 0 aliphatic carbocycles. The molecule has 0 radical (unpaired) electrons. The molecule has 2 heteroatoms. The van der Waals surface area contributed by atoms with Crippen molar-refractivity contribution in [3.8, 4) is 0 Å². The minimum absolute atomic E-state index is 0.151. The van der Waals surface area contributed by atoms with Crippen LogP contribution in [-0.2, 0) is 9.47 Å². The van der Waals surface area contributed by atoms with Gasteiger partial charge in [-0.25, -0.2) is 0 Å². The van der Waals surface area contributed by atoms with Crippen LogP contribution in [0.4, 0.5) is 0 Å². The van der Waals surface area contributed by atoms with E-state index < -0.39 is 0 Å². The van der Waals surface area contributed by atoms with Gasteiger partial charge in [0.1, 0.15) is 0 Å². The lowest BCUT2D eigenvalue weighted by molar-refractivity contribution is -0.118. The van der Waals surface area contributed by atoms with Crippen LogP contribution in [0.2, 0.25) is 0 Å². The van der Waals surface area contributed by atoms with Gasteiger partial charge in [0, 0.05) is 0 Å². The minimum Gasteiger partial charge on any atom is -0.373 e. The predicted molar refractivity (Wildman–Crippen MR) is 69.7 cm³/mol. The molecule has 0 heterocycles. The second-order valence-electron chi connectivity index (χ2n) is 5.58. The third-order valence-electron chi connectivity index (χ3n) is 3.40. The van der Waals surface area contributed by atoms with E-state index in [2.05, 4.69) is 55.4 Å². The molecule has 0 aromatic carbocycles. The van der Waals surface area contributed by atoms with Crippen molar-refractivity contribution in [1.82, 2.24) is 0 Å². The predicted octanol–water partition coefficient (Wildman–Crippen LogP) is 3.89. The summed E-state index contributed by atoms with van der Waals surface area (Å²) in [4.78, 5) is 0. The Balaban J connectivity index is 4.03. The van der Waals surface area contributed by atoms with E-state index in [1.807, 2.05) is 0 Å². The van der Waals surface area contributed by atoms with Crippen molar-refractivity contribution in [2.24, 2.45) is 11.8 Å². The van der Waals surface area contributed by atoms with Crippen LogP contribution < -0.4 is 0 Å². The quantitative estimate of drug-likeness (QED) is 0.660. The zero-order valence-corrected chi connectivity index (χ0v) is 12.3. The van der Waals surface area contributed by atoms with Gasteiger partial charge in [-0.3, -0.25) is 0 Å². The topological polar surface area (TPSA) is 18.5 Å². The van der Waals surface area contributed by atoms with Crippen molar-refractivity contribution >= 4 is 0 Å². The van der Waals surface area contributed by atoms with E-state index >= 15 is 0 Å². The maximum atomic E-state index is 5.93. The van der Waals surface area contributed by atoms with E-state index in [-0.39, 0.29) is 24.4 Å². The van der Waals surface area contributed by atoms with Crippen LogP contribution in [-0.4, -0.2) is 24.4 Å². The summed E-state index contributed by atoms with van der Waals surface area (Å²) in [6, 6.07) is 0. The largest absolute Gasteiger partial charge is 0.373 e. The van der Waals surface area contributed by atoms with Crippen molar-refractivity contribution in [2.75, 3.05) is 0 Å². The number of hydrogen-bond donors (Lipinski definition) is 0. The Morgan fingerprint density at radius 1 is 0.438 bits per heavy atom. The second kappa shape index (κ2) is 7.29. The van der Waals surface area contributed by atoms with Gasteiger partial charge in [-0.05, 0) is 39.5 Å². The first-order chi connectivity index (χ1) is 7.25. The summed E-state index contributed by atoms with van der Waals surface area (Å²) < 4.78 is 11.9. The average Bonchev–Trinajstić information content (AvgIpc) is 2.16. The Kier molecular flexibility index (Phi) is 7.25. The molecular weight excluding hydrogens is 200 g/mol. The van der Waals surface area contributed by atoms with E-state index in [9.17, 15) is 0 Å². The van der Waals surface area contributed by atoms with E-state index in [1.165, 1.54) is 0 Å². The lowest BCUT2D eigenvalue weighted by Gasteiger charge is -2.29. The fraction of sp³-hybridized carbons (Fsp3) is 1.00. The van der Waals surface area contributed by atoms with Crippen LogP contribution in [0.25, 0.3) is 0 Å². The summed E-state index contributed by atoms with van der Waals surface area (Å²) >= 11 is 0. The van der Waals surface area contributed by atoms with Crippen LogP contribution in [0.15, 0.2) is 0 Å².